The molecule has 2 aromatic heterocycles. The highest BCUT2D eigenvalue weighted by molar-refractivity contribution is 9.10. The van der Waals surface area contributed by atoms with Crippen LogP contribution in [0, 0.1) is 20.8 Å². The second-order valence-corrected chi connectivity index (χ2v) is 5.26. The van der Waals surface area contributed by atoms with Gasteiger partial charge < -0.3 is 9.73 Å². The quantitative estimate of drug-likeness (QED) is 0.944. The summed E-state index contributed by atoms with van der Waals surface area (Å²) in [5.41, 5.74) is 3.33. The average molecular weight is 312 g/mol. The fourth-order valence-electron chi connectivity index (χ4n) is 2.01. The molecule has 4 nitrogen and oxygen atoms in total. The van der Waals surface area contributed by atoms with Crippen molar-refractivity contribution in [2.75, 3.05) is 7.05 Å². The Morgan fingerprint density at radius 1 is 1.39 bits per heavy atom. The van der Waals surface area contributed by atoms with Crippen molar-refractivity contribution in [3.8, 4) is 0 Å². The number of nitrogens with zero attached hydrogens (tertiary/aromatic N) is 2. The van der Waals surface area contributed by atoms with Crippen molar-refractivity contribution in [1.82, 2.24) is 15.1 Å². The molecule has 5 heteroatoms. The van der Waals surface area contributed by atoms with Gasteiger partial charge in [-0.1, -0.05) is 0 Å². The first-order valence-electron chi connectivity index (χ1n) is 5.95. The van der Waals surface area contributed by atoms with Gasteiger partial charge in [-0.2, -0.15) is 5.10 Å². The molecule has 2 rings (SSSR count). The van der Waals surface area contributed by atoms with Crippen LogP contribution in [0.3, 0.4) is 0 Å². The molecular formula is C13H18BrN3O. The summed E-state index contributed by atoms with van der Waals surface area (Å²) in [6.07, 6.45) is 0. The molecule has 0 aliphatic heterocycles. The first-order valence-corrected chi connectivity index (χ1v) is 6.74. The number of aromatic nitrogens is 2. The van der Waals surface area contributed by atoms with E-state index < -0.39 is 0 Å². The summed E-state index contributed by atoms with van der Waals surface area (Å²) < 4.78 is 8.79. The van der Waals surface area contributed by atoms with Gasteiger partial charge in [0.25, 0.3) is 0 Å². The lowest BCUT2D eigenvalue weighted by atomic mass is 10.2. The van der Waals surface area contributed by atoms with Gasteiger partial charge in [0.05, 0.1) is 22.4 Å². The summed E-state index contributed by atoms with van der Waals surface area (Å²) >= 11 is 3.53. The van der Waals surface area contributed by atoms with Crippen LogP contribution < -0.4 is 5.32 Å². The van der Waals surface area contributed by atoms with Gasteiger partial charge in [-0.25, -0.2) is 0 Å². The third-order valence-electron chi connectivity index (χ3n) is 3.04. The van der Waals surface area contributed by atoms with Crippen molar-refractivity contribution in [2.24, 2.45) is 0 Å². The van der Waals surface area contributed by atoms with Crippen LogP contribution >= 0.6 is 15.9 Å². The zero-order valence-corrected chi connectivity index (χ0v) is 12.8. The van der Waals surface area contributed by atoms with Crippen LogP contribution in [0.5, 0.6) is 0 Å². The predicted octanol–water partition coefficient (Wildman–Crippen LogP) is 2.93. The normalized spacial score (nSPS) is 11.2. The highest BCUT2D eigenvalue weighted by Crippen LogP contribution is 2.22. The Hall–Kier alpha value is -1.07. The van der Waals surface area contributed by atoms with Crippen molar-refractivity contribution >= 4 is 15.9 Å². The Kier molecular flexibility index (Phi) is 3.92. The molecule has 2 aromatic rings. The molecule has 0 fully saturated rings. The number of hydrogen-bond acceptors (Lipinski definition) is 3. The lowest BCUT2D eigenvalue weighted by Crippen LogP contribution is -2.05. The molecule has 0 aliphatic rings. The van der Waals surface area contributed by atoms with Gasteiger partial charge in [-0.15, -0.1) is 0 Å². The summed E-state index contributed by atoms with van der Waals surface area (Å²) in [6, 6.07) is 2.09. The van der Waals surface area contributed by atoms with Crippen molar-refractivity contribution in [3.05, 3.63) is 39.0 Å². The summed E-state index contributed by atoms with van der Waals surface area (Å²) in [4.78, 5) is 0. The van der Waals surface area contributed by atoms with Crippen molar-refractivity contribution in [2.45, 2.75) is 33.9 Å². The largest absolute Gasteiger partial charge is 0.464 e. The summed E-state index contributed by atoms with van der Waals surface area (Å²) in [6.45, 7) is 7.54. The highest BCUT2D eigenvalue weighted by atomic mass is 79.9. The van der Waals surface area contributed by atoms with Gasteiger partial charge in [0.1, 0.15) is 11.5 Å². The second-order valence-electron chi connectivity index (χ2n) is 4.47. The lowest BCUT2D eigenvalue weighted by Gasteiger charge is -2.01. The smallest absolute Gasteiger partial charge is 0.125 e. The second kappa shape index (κ2) is 5.28. The Morgan fingerprint density at radius 3 is 2.67 bits per heavy atom. The molecular weight excluding hydrogens is 294 g/mol. The van der Waals surface area contributed by atoms with E-state index in [9.17, 15) is 0 Å². The predicted molar refractivity (Wildman–Crippen MR) is 74.7 cm³/mol. The minimum absolute atomic E-state index is 0.669. The Bertz CT molecular complexity index is 557. The van der Waals surface area contributed by atoms with Gasteiger partial charge in [-0.05, 0) is 49.8 Å². The van der Waals surface area contributed by atoms with Gasteiger partial charge in [0, 0.05) is 12.1 Å². The van der Waals surface area contributed by atoms with Crippen molar-refractivity contribution in [1.29, 1.82) is 0 Å². The lowest BCUT2D eigenvalue weighted by molar-refractivity contribution is 0.453. The zero-order chi connectivity index (χ0) is 13.3. The molecule has 0 aromatic carbocycles. The van der Waals surface area contributed by atoms with E-state index in [4.69, 9.17) is 4.42 Å². The Morgan fingerprint density at radius 2 is 2.11 bits per heavy atom. The fourth-order valence-corrected chi connectivity index (χ4v) is 2.29. The molecule has 0 unspecified atom stereocenters. The maximum absolute atomic E-state index is 5.76. The van der Waals surface area contributed by atoms with E-state index in [1.165, 1.54) is 5.56 Å². The number of nitrogens with one attached hydrogen (secondary N) is 1. The summed E-state index contributed by atoms with van der Waals surface area (Å²) in [7, 11) is 1.93. The number of hydrogen-bond donors (Lipinski definition) is 1. The van der Waals surface area contributed by atoms with Crippen LogP contribution in [-0.2, 0) is 13.1 Å². The van der Waals surface area contributed by atoms with E-state index in [0.29, 0.717) is 6.54 Å². The van der Waals surface area contributed by atoms with E-state index in [1.54, 1.807) is 0 Å². The summed E-state index contributed by atoms with van der Waals surface area (Å²) in [5.74, 6) is 1.91. The van der Waals surface area contributed by atoms with Crippen molar-refractivity contribution in [3.63, 3.8) is 0 Å². The molecule has 0 radical (unpaired) electrons. The maximum Gasteiger partial charge on any atom is 0.125 e. The number of rotatable bonds is 4. The molecule has 0 amide bonds. The van der Waals surface area contributed by atoms with Crippen LogP contribution in [-0.4, -0.2) is 16.8 Å². The number of furan rings is 1. The molecule has 0 saturated carbocycles. The Balaban J connectivity index is 2.23. The standard InChI is InChI=1S/C13H18BrN3O/c1-8-13(14)9(2)17(16-8)7-12-5-11(6-15-4)10(3)18-12/h5,15H,6-7H2,1-4H3. The third kappa shape index (κ3) is 2.52. The van der Waals surface area contributed by atoms with Gasteiger partial charge in [-0.3, -0.25) is 4.68 Å². The molecule has 1 N–H and O–H groups in total. The maximum atomic E-state index is 5.76. The highest BCUT2D eigenvalue weighted by Gasteiger charge is 2.12. The fraction of sp³-hybridized carbons (Fsp3) is 0.462. The first kappa shape index (κ1) is 13.4. The van der Waals surface area contributed by atoms with E-state index in [0.717, 1.165) is 33.9 Å². The van der Waals surface area contributed by atoms with Gasteiger partial charge in [0.15, 0.2) is 0 Å². The van der Waals surface area contributed by atoms with E-state index in [2.05, 4.69) is 32.4 Å². The Labute approximate surface area is 115 Å². The minimum Gasteiger partial charge on any atom is -0.464 e. The van der Waals surface area contributed by atoms with E-state index >= 15 is 0 Å². The van der Waals surface area contributed by atoms with E-state index in [-0.39, 0.29) is 0 Å². The molecule has 0 saturated heterocycles. The molecule has 2 heterocycles. The third-order valence-corrected chi connectivity index (χ3v) is 4.19. The number of aryl methyl sites for hydroxylation is 2. The van der Waals surface area contributed by atoms with Gasteiger partial charge in [0.2, 0.25) is 0 Å². The molecule has 0 atom stereocenters. The SMILES string of the molecule is CNCc1cc(Cn2nc(C)c(Br)c2C)oc1C. The molecule has 0 spiro atoms. The van der Waals surface area contributed by atoms with Crippen molar-refractivity contribution < 1.29 is 4.42 Å². The molecule has 0 aliphatic carbocycles. The van der Waals surface area contributed by atoms with Crippen LogP contribution in [0.15, 0.2) is 15.0 Å². The van der Waals surface area contributed by atoms with Crippen LogP contribution in [0.1, 0.15) is 28.5 Å². The zero-order valence-electron chi connectivity index (χ0n) is 11.2. The first-order chi connectivity index (χ1) is 8.52. The van der Waals surface area contributed by atoms with Crippen LogP contribution in [0.25, 0.3) is 0 Å². The number of halogens is 1. The summed E-state index contributed by atoms with van der Waals surface area (Å²) in [5, 5.41) is 7.62. The van der Waals surface area contributed by atoms with Crippen LogP contribution in [0.4, 0.5) is 0 Å². The van der Waals surface area contributed by atoms with Gasteiger partial charge >= 0.3 is 0 Å². The average Bonchev–Trinajstić information content (AvgIpc) is 2.77. The van der Waals surface area contributed by atoms with E-state index in [1.807, 2.05) is 32.5 Å². The van der Waals surface area contributed by atoms with Crippen LogP contribution in [0.2, 0.25) is 0 Å². The minimum atomic E-state index is 0.669. The topological polar surface area (TPSA) is 43.0 Å². The molecule has 0 bridgehead atoms. The monoisotopic (exact) mass is 311 g/mol. The molecule has 98 valence electrons. The molecule has 18 heavy (non-hydrogen) atoms.